The molecule has 6 heteroatoms. The molecular weight excluding hydrogens is 380 g/mol. The summed E-state index contributed by atoms with van der Waals surface area (Å²) in [6.07, 6.45) is 0. The van der Waals surface area contributed by atoms with E-state index in [2.05, 4.69) is 10.6 Å². The minimum atomic E-state index is -0.388. The van der Waals surface area contributed by atoms with Gasteiger partial charge in [0.1, 0.15) is 5.75 Å². The summed E-state index contributed by atoms with van der Waals surface area (Å²) >= 11 is 0. The van der Waals surface area contributed by atoms with Crippen LogP contribution in [-0.2, 0) is 4.79 Å². The molecule has 0 atom stereocenters. The highest BCUT2D eigenvalue weighted by atomic mass is 16.5. The van der Waals surface area contributed by atoms with Gasteiger partial charge in [0.25, 0.3) is 11.8 Å². The Hall–Kier alpha value is -3.67. The number of anilines is 1. The molecule has 0 aliphatic rings. The first-order chi connectivity index (χ1) is 14.3. The van der Waals surface area contributed by atoms with Crippen molar-refractivity contribution in [3.05, 3.63) is 71.8 Å². The van der Waals surface area contributed by atoms with Gasteiger partial charge in [-0.15, -0.1) is 0 Å². The Morgan fingerprint density at radius 3 is 2.30 bits per heavy atom. The lowest BCUT2D eigenvalue weighted by atomic mass is 10.0. The van der Waals surface area contributed by atoms with E-state index in [0.717, 1.165) is 10.8 Å². The number of carbonyl (C=O) groups excluding carboxylic acids is 3. The molecule has 3 aromatic carbocycles. The second-order valence-corrected chi connectivity index (χ2v) is 7.30. The molecule has 0 bridgehead atoms. The van der Waals surface area contributed by atoms with E-state index in [-0.39, 0.29) is 30.2 Å². The van der Waals surface area contributed by atoms with Crippen LogP contribution in [0.5, 0.6) is 5.75 Å². The molecule has 3 aromatic rings. The summed E-state index contributed by atoms with van der Waals surface area (Å²) in [6.45, 7) is 5.00. The Morgan fingerprint density at radius 2 is 1.63 bits per heavy atom. The molecule has 0 spiro atoms. The van der Waals surface area contributed by atoms with Crippen LogP contribution in [0.15, 0.2) is 60.7 Å². The van der Waals surface area contributed by atoms with Gasteiger partial charge in [0.2, 0.25) is 0 Å². The molecule has 6 nitrogen and oxygen atoms in total. The number of benzene rings is 3. The smallest absolute Gasteiger partial charge is 0.259 e. The maximum Gasteiger partial charge on any atom is 0.259 e. The van der Waals surface area contributed by atoms with Gasteiger partial charge in [-0.25, -0.2) is 0 Å². The Kier molecular flexibility index (Phi) is 6.47. The Bertz CT molecular complexity index is 1110. The fraction of sp³-hybridized carbons (Fsp3) is 0.208. The van der Waals surface area contributed by atoms with Crippen LogP contribution >= 0.6 is 0 Å². The lowest BCUT2D eigenvalue weighted by Crippen LogP contribution is -2.34. The second kappa shape index (κ2) is 9.22. The minimum absolute atomic E-state index is 0.00553. The fourth-order valence-corrected chi connectivity index (χ4v) is 3.04. The molecule has 0 aliphatic carbocycles. The molecular formula is C24H24N2O4. The fourth-order valence-electron chi connectivity index (χ4n) is 3.04. The highest BCUT2D eigenvalue weighted by Gasteiger charge is 2.16. The molecule has 30 heavy (non-hydrogen) atoms. The summed E-state index contributed by atoms with van der Waals surface area (Å²) in [6, 6.07) is 17.8. The molecule has 0 heterocycles. The first-order valence-electron chi connectivity index (χ1n) is 9.71. The van der Waals surface area contributed by atoms with Gasteiger partial charge in [-0.2, -0.15) is 0 Å². The summed E-state index contributed by atoms with van der Waals surface area (Å²) in [5.74, 6) is -0.427. The van der Waals surface area contributed by atoms with Crippen molar-refractivity contribution in [1.82, 2.24) is 5.32 Å². The normalized spacial score (nSPS) is 10.7. The van der Waals surface area contributed by atoms with Crippen LogP contribution in [0.2, 0.25) is 0 Å². The third-order valence-corrected chi connectivity index (χ3v) is 4.43. The van der Waals surface area contributed by atoms with Gasteiger partial charge in [-0.05, 0) is 55.8 Å². The van der Waals surface area contributed by atoms with Crippen LogP contribution in [0, 0.1) is 0 Å². The van der Waals surface area contributed by atoms with Gasteiger partial charge < -0.3 is 15.4 Å². The Morgan fingerprint density at radius 1 is 0.933 bits per heavy atom. The van der Waals surface area contributed by atoms with Crippen LogP contribution in [0.25, 0.3) is 10.8 Å². The molecule has 0 saturated carbocycles. The first-order valence-corrected chi connectivity index (χ1v) is 9.71. The van der Waals surface area contributed by atoms with Crippen molar-refractivity contribution in [3.63, 3.8) is 0 Å². The number of ether oxygens (including phenoxy) is 1. The summed E-state index contributed by atoms with van der Waals surface area (Å²) in [5, 5.41) is 7.34. The van der Waals surface area contributed by atoms with Gasteiger partial charge in [0, 0.05) is 17.3 Å². The van der Waals surface area contributed by atoms with Gasteiger partial charge in [0.05, 0.1) is 5.56 Å². The lowest BCUT2D eigenvalue weighted by Gasteiger charge is -2.14. The standard InChI is InChI=1S/C24H24N2O4/c1-15(2)25-23(28)14-30-22-13-19-8-5-4-7-18(19)12-21(22)24(29)26-20-10-6-9-17(11-20)16(3)27/h4-13,15H,14H2,1-3H3,(H,25,28)(H,26,29). The van der Waals surface area contributed by atoms with Crippen molar-refractivity contribution in [2.24, 2.45) is 0 Å². The summed E-state index contributed by atoms with van der Waals surface area (Å²) < 4.78 is 5.70. The molecule has 3 rings (SSSR count). The number of hydrogen-bond acceptors (Lipinski definition) is 4. The number of carbonyl (C=O) groups is 3. The zero-order chi connectivity index (χ0) is 21.7. The molecule has 0 fully saturated rings. The number of hydrogen-bond donors (Lipinski definition) is 2. The molecule has 154 valence electrons. The first kappa shape index (κ1) is 21.0. The van der Waals surface area contributed by atoms with E-state index < -0.39 is 0 Å². The van der Waals surface area contributed by atoms with Crippen LogP contribution < -0.4 is 15.4 Å². The zero-order valence-corrected chi connectivity index (χ0v) is 17.2. The van der Waals surface area contributed by atoms with Crippen LogP contribution in [0.4, 0.5) is 5.69 Å². The average molecular weight is 404 g/mol. The quantitative estimate of drug-likeness (QED) is 0.578. The van der Waals surface area contributed by atoms with Crippen molar-refractivity contribution in [2.75, 3.05) is 11.9 Å². The highest BCUT2D eigenvalue weighted by Crippen LogP contribution is 2.27. The number of ketones is 1. The lowest BCUT2D eigenvalue weighted by molar-refractivity contribution is -0.123. The minimum Gasteiger partial charge on any atom is -0.483 e. The molecule has 0 unspecified atom stereocenters. The zero-order valence-electron chi connectivity index (χ0n) is 17.2. The summed E-state index contributed by atoms with van der Waals surface area (Å²) in [7, 11) is 0. The van der Waals surface area contributed by atoms with Gasteiger partial charge >= 0.3 is 0 Å². The third-order valence-electron chi connectivity index (χ3n) is 4.43. The van der Waals surface area contributed by atoms with Gasteiger partial charge in [-0.1, -0.05) is 36.4 Å². The van der Waals surface area contributed by atoms with Gasteiger partial charge in [0.15, 0.2) is 12.4 Å². The maximum absolute atomic E-state index is 13.0. The summed E-state index contributed by atoms with van der Waals surface area (Å²) in [5.41, 5.74) is 1.32. The Labute approximate surface area is 175 Å². The highest BCUT2D eigenvalue weighted by molar-refractivity contribution is 6.09. The van der Waals surface area contributed by atoms with E-state index in [4.69, 9.17) is 4.74 Å². The van der Waals surface area contributed by atoms with E-state index in [1.54, 1.807) is 36.4 Å². The van der Waals surface area contributed by atoms with Crippen molar-refractivity contribution >= 4 is 34.1 Å². The van der Waals surface area contributed by atoms with Crippen molar-refractivity contribution < 1.29 is 19.1 Å². The van der Waals surface area contributed by atoms with E-state index in [1.807, 2.05) is 38.1 Å². The van der Waals surface area contributed by atoms with Gasteiger partial charge in [-0.3, -0.25) is 14.4 Å². The van der Waals surface area contributed by atoms with E-state index in [1.165, 1.54) is 6.92 Å². The molecule has 0 aromatic heterocycles. The predicted molar refractivity (Wildman–Crippen MR) is 117 cm³/mol. The van der Waals surface area contributed by atoms with Crippen LogP contribution in [0.1, 0.15) is 41.5 Å². The van der Waals surface area contributed by atoms with Crippen molar-refractivity contribution in [2.45, 2.75) is 26.8 Å². The van der Waals surface area contributed by atoms with Crippen LogP contribution in [0.3, 0.4) is 0 Å². The van der Waals surface area contributed by atoms with E-state index in [9.17, 15) is 14.4 Å². The SMILES string of the molecule is CC(=O)c1cccc(NC(=O)c2cc3ccccc3cc2OCC(=O)NC(C)C)c1. The number of fused-ring (bicyclic) bond motifs is 1. The number of rotatable bonds is 7. The predicted octanol–water partition coefficient (Wildman–Crippen LogP) is 4.20. The molecule has 0 saturated heterocycles. The number of nitrogens with one attached hydrogen (secondary N) is 2. The molecule has 0 radical (unpaired) electrons. The van der Waals surface area contributed by atoms with Crippen LogP contribution in [-0.4, -0.2) is 30.2 Å². The van der Waals surface area contributed by atoms with E-state index in [0.29, 0.717) is 22.6 Å². The number of Topliss-reactive ketones (excluding diaryl/α,β-unsaturated/α-hetero) is 1. The van der Waals surface area contributed by atoms with Crippen molar-refractivity contribution in [3.8, 4) is 5.75 Å². The molecule has 2 N–H and O–H groups in total. The largest absolute Gasteiger partial charge is 0.483 e. The second-order valence-electron chi connectivity index (χ2n) is 7.30. The average Bonchev–Trinajstić information content (AvgIpc) is 2.71. The number of amides is 2. The summed E-state index contributed by atoms with van der Waals surface area (Å²) in [4.78, 5) is 36.6. The molecule has 0 aliphatic heterocycles. The third kappa shape index (κ3) is 5.23. The Balaban J connectivity index is 1.90. The van der Waals surface area contributed by atoms with Crippen molar-refractivity contribution in [1.29, 1.82) is 0 Å². The molecule has 2 amide bonds. The maximum atomic E-state index is 13.0. The topological polar surface area (TPSA) is 84.5 Å². The monoisotopic (exact) mass is 404 g/mol. The van der Waals surface area contributed by atoms with E-state index >= 15 is 0 Å².